The van der Waals surface area contributed by atoms with E-state index in [2.05, 4.69) is 5.73 Å². The van der Waals surface area contributed by atoms with Gasteiger partial charge in [0.1, 0.15) is 0 Å². The molecular weight excluding hydrogens is 210 g/mol. The van der Waals surface area contributed by atoms with Crippen molar-refractivity contribution in [3.05, 3.63) is 0 Å². The van der Waals surface area contributed by atoms with E-state index in [1.807, 2.05) is 0 Å². The predicted molar refractivity (Wildman–Crippen MR) is 58.4 cm³/mol. The van der Waals surface area contributed by atoms with Crippen molar-refractivity contribution in [3.63, 3.8) is 0 Å². The first-order valence-corrected chi connectivity index (χ1v) is 5.56. The zero-order valence-corrected chi connectivity index (χ0v) is 10.5. The van der Waals surface area contributed by atoms with Gasteiger partial charge in [-0.3, -0.25) is 4.79 Å². The molecule has 0 aromatic rings. The van der Waals surface area contributed by atoms with Crippen molar-refractivity contribution in [2.24, 2.45) is 0 Å². The molecule has 16 heavy (non-hydrogen) atoms. The maximum atomic E-state index is 11.4. The number of carbonyl (C=O) groups is 2. The van der Waals surface area contributed by atoms with E-state index < -0.39 is 6.04 Å². The smallest absolute Gasteiger partial charge is 0.365 e. The highest BCUT2D eigenvalue weighted by Gasteiger charge is 2.21. The van der Waals surface area contributed by atoms with Crippen LogP contribution in [-0.4, -0.2) is 30.2 Å². The van der Waals surface area contributed by atoms with Crippen LogP contribution < -0.4 is 5.73 Å². The number of hydrogen-bond acceptors (Lipinski definition) is 4. The van der Waals surface area contributed by atoms with Gasteiger partial charge in [-0.15, -0.1) is 0 Å². The number of carbonyl (C=O) groups excluding carboxylic acids is 2. The molecule has 5 heteroatoms. The van der Waals surface area contributed by atoms with Crippen molar-refractivity contribution in [1.82, 2.24) is 0 Å². The molecule has 0 aromatic heterocycles. The number of ether oxygens (including phenoxy) is 2. The highest BCUT2D eigenvalue weighted by molar-refractivity contribution is 5.75. The van der Waals surface area contributed by atoms with Crippen LogP contribution in [0.2, 0.25) is 0 Å². The summed E-state index contributed by atoms with van der Waals surface area (Å²) in [6, 6.07) is -0.512. The van der Waals surface area contributed by atoms with Gasteiger partial charge in [0, 0.05) is 6.42 Å². The summed E-state index contributed by atoms with van der Waals surface area (Å²) in [6.07, 6.45) is 0.272. The number of hydrogen-bond donors (Lipinski definition) is 1. The van der Waals surface area contributed by atoms with Crippen LogP contribution in [0.15, 0.2) is 0 Å². The van der Waals surface area contributed by atoms with Gasteiger partial charge in [-0.05, 0) is 27.7 Å². The Morgan fingerprint density at radius 1 is 1.06 bits per heavy atom. The fourth-order valence-electron chi connectivity index (χ4n) is 1.06. The van der Waals surface area contributed by atoms with E-state index in [0.29, 0.717) is 6.42 Å². The Kier molecular flexibility index (Phi) is 6.72. The highest BCUT2D eigenvalue weighted by atomic mass is 16.5. The Balaban J connectivity index is 3.84. The lowest BCUT2D eigenvalue weighted by Crippen LogP contribution is -2.65. The van der Waals surface area contributed by atoms with Crippen LogP contribution in [0.3, 0.4) is 0 Å². The largest absolute Gasteiger partial charge is 0.463 e. The minimum absolute atomic E-state index is 0.126. The highest BCUT2D eigenvalue weighted by Crippen LogP contribution is 2.01. The molecule has 0 bridgehead atoms. The van der Waals surface area contributed by atoms with Gasteiger partial charge in [-0.1, -0.05) is 0 Å². The molecule has 0 aliphatic carbocycles. The van der Waals surface area contributed by atoms with Gasteiger partial charge in [0.2, 0.25) is 0 Å². The quantitative estimate of drug-likeness (QED) is 0.667. The molecule has 0 aromatic carbocycles. The van der Waals surface area contributed by atoms with E-state index in [-0.39, 0.29) is 30.6 Å². The van der Waals surface area contributed by atoms with Gasteiger partial charge in [-0.25, -0.2) is 4.79 Å². The van der Waals surface area contributed by atoms with Crippen LogP contribution in [0.25, 0.3) is 0 Å². The molecule has 3 N–H and O–H groups in total. The minimum atomic E-state index is -0.512. The van der Waals surface area contributed by atoms with Gasteiger partial charge < -0.3 is 15.2 Å². The third-order valence-corrected chi connectivity index (χ3v) is 1.75. The maximum Gasteiger partial charge on any atom is 0.365 e. The van der Waals surface area contributed by atoms with E-state index in [1.54, 1.807) is 27.7 Å². The van der Waals surface area contributed by atoms with Crippen molar-refractivity contribution in [3.8, 4) is 0 Å². The van der Waals surface area contributed by atoms with Gasteiger partial charge in [0.25, 0.3) is 0 Å². The SMILES string of the molecule is CC(C)OC(=O)CCC([NH3+])C(=O)OC(C)C. The zero-order chi connectivity index (χ0) is 12.7. The summed E-state index contributed by atoms with van der Waals surface area (Å²) in [6.45, 7) is 7.12. The summed E-state index contributed by atoms with van der Waals surface area (Å²) in [5, 5.41) is 0. The van der Waals surface area contributed by atoms with Crippen molar-refractivity contribution in [1.29, 1.82) is 0 Å². The van der Waals surface area contributed by atoms with Crippen LogP contribution in [0.5, 0.6) is 0 Å². The number of esters is 2. The second-order valence-corrected chi connectivity index (χ2v) is 4.26. The number of quaternary nitrogens is 1. The summed E-state index contributed by atoms with van der Waals surface area (Å²) in [5.74, 6) is -0.673. The lowest BCUT2D eigenvalue weighted by Gasteiger charge is -2.12. The molecule has 94 valence electrons. The van der Waals surface area contributed by atoms with E-state index >= 15 is 0 Å². The van der Waals surface area contributed by atoms with E-state index in [9.17, 15) is 9.59 Å². The van der Waals surface area contributed by atoms with Gasteiger partial charge >= 0.3 is 11.9 Å². The Hall–Kier alpha value is -1.10. The monoisotopic (exact) mass is 232 g/mol. The summed E-state index contributed by atoms with van der Waals surface area (Å²) in [5.41, 5.74) is 3.66. The molecule has 0 radical (unpaired) electrons. The summed E-state index contributed by atoms with van der Waals surface area (Å²) < 4.78 is 9.91. The second-order valence-electron chi connectivity index (χ2n) is 4.26. The number of rotatable bonds is 6. The molecule has 1 unspecified atom stereocenters. The molecule has 0 heterocycles. The normalized spacial score (nSPS) is 12.7. The van der Waals surface area contributed by atoms with Crippen molar-refractivity contribution in [2.75, 3.05) is 0 Å². The Bertz CT molecular complexity index is 238. The van der Waals surface area contributed by atoms with Gasteiger partial charge in [0.05, 0.1) is 18.6 Å². The van der Waals surface area contributed by atoms with Gasteiger partial charge in [0.15, 0.2) is 6.04 Å². The predicted octanol–water partition coefficient (Wildman–Crippen LogP) is 0.280. The lowest BCUT2D eigenvalue weighted by molar-refractivity contribution is -0.410. The average molecular weight is 232 g/mol. The van der Waals surface area contributed by atoms with Crippen LogP contribution in [0, 0.1) is 0 Å². The Morgan fingerprint density at radius 3 is 2.00 bits per heavy atom. The molecule has 0 spiro atoms. The minimum Gasteiger partial charge on any atom is -0.463 e. The van der Waals surface area contributed by atoms with E-state index in [0.717, 1.165) is 0 Å². The molecule has 0 aliphatic heterocycles. The Labute approximate surface area is 96.3 Å². The molecule has 1 atom stereocenters. The first-order valence-electron chi connectivity index (χ1n) is 5.56. The molecule has 0 aliphatic rings. The van der Waals surface area contributed by atoms with Crippen molar-refractivity contribution in [2.45, 2.75) is 58.8 Å². The molecule has 0 saturated heterocycles. The summed E-state index contributed by atoms with van der Waals surface area (Å²) in [4.78, 5) is 22.6. The zero-order valence-electron chi connectivity index (χ0n) is 10.5. The van der Waals surface area contributed by atoms with Crippen LogP contribution in [0.4, 0.5) is 0 Å². The van der Waals surface area contributed by atoms with Crippen LogP contribution in [0.1, 0.15) is 40.5 Å². The standard InChI is InChI=1S/C11H21NO4/c1-7(2)15-10(13)6-5-9(12)11(14)16-8(3)4/h7-9H,5-6,12H2,1-4H3/p+1. The maximum absolute atomic E-state index is 11.4. The molecular formula is C11H22NO4+. The Morgan fingerprint density at radius 2 is 1.56 bits per heavy atom. The second kappa shape index (κ2) is 7.22. The fraction of sp³-hybridized carbons (Fsp3) is 0.818. The van der Waals surface area contributed by atoms with Crippen LogP contribution in [-0.2, 0) is 19.1 Å². The van der Waals surface area contributed by atoms with E-state index in [1.165, 1.54) is 0 Å². The third-order valence-electron chi connectivity index (χ3n) is 1.75. The fourth-order valence-corrected chi connectivity index (χ4v) is 1.06. The summed E-state index contributed by atoms with van der Waals surface area (Å²) in [7, 11) is 0. The van der Waals surface area contributed by atoms with Crippen molar-refractivity contribution < 1.29 is 24.8 Å². The topological polar surface area (TPSA) is 80.2 Å². The molecule has 0 amide bonds. The van der Waals surface area contributed by atoms with E-state index in [4.69, 9.17) is 9.47 Å². The third kappa shape index (κ3) is 7.23. The summed E-state index contributed by atoms with van der Waals surface area (Å²) >= 11 is 0. The molecule has 0 fully saturated rings. The van der Waals surface area contributed by atoms with Crippen LogP contribution >= 0.6 is 0 Å². The first kappa shape index (κ1) is 14.9. The average Bonchev–Trinajstić information content (AvgIpc) is 2.11. The van der Waals surface area contributed by atoms with Crippen molar-refractivity contribution >= 4 is 11.9 Å². The van der Waals surface area contributed by atoms with Gasteiger partial charge in [-0.2, -0.15) is 0 Å². The molecule has 0 rings (SSSR count). The molecule has 5 nitrogen and oxygen atoms in total. The lowest BCUT2D eigenvalue weighted by atomic mass is 10.2. The molecule has 0 saturated carbocycles. The first-order chi connectivity index (χ1) is 7.32.